The van der Waals surface area contributed by atoms with E-state index in [-0.39, 0.29) is 23.1 Å². The van der Waals surface area contributed by atoms with Crippen molar-refractivity contribution in [3.8, 4) is 5.75 Å². The Kier molecular flexibility index (Phi) is 3.56. The number of nitrogens with one attached hydrogen (secondary N) is 1. The molecule has 1 heterocycles. The molecule has 0 aromatic heterocycles. The first-order chi connectivity index (χ1) is 9.69. The second-order valence-electron chi connectivity index (χ2n) is 4.95. The molecule has 2 aliphatic rings. The maximum atomic E-state index is 11.9. The Morgan fingerprint density at radius 3 is 2.65 bits per heavy atom. The number of thioether (sulfide) groups is 1. The molecule has 1 aromatic rings. The average Bonchev–Trinajstić information content (AvgIpc) is 3.26. The summed E-state index contributed by atoms with van der Waals surface area (Å²) < 4.78 is 5.13. The molecule has 1 atom stereocenters. The lowest BCUT2D eigenvalue weighted by Gasteiger charge is -2.24. The number of benzene rings is 1. The highest BCUT2D eigenvalue weighted by Gasteiger charge is 2.37. The van der Waals surface area contributed by atoms with Crippen LogP contribution in [-0.2, 0) is 9.59 Å². The Morgan fingerprint density at radius 2 is 2.05 bits per heavy atom. The van der Waals surface area contributed by atoms with Crippen LogP contribution in [0, 0.1) is 5.92 Å². The molecule has 1 aliphatic carbocycles. The van der Waals surface area contributed by atoms with Gasteiger partial charge in [0.25, 0.3) is 5.91 Å². The summed E-state index contributed by atoms with van der Waals surface area (Å²) in [5, 5.41) is 1.31. The quantitative estimate of drug-likeness (QED) is 0.918. The van der Waals surface area contributed by atoms with E-state index in [0.29, 0.717) is 5.75 Å². The second-order valence-corrected chi connectivity index (χ2v) is 6.02. The van der Waals surface area contributed by atoms with Crippen molar-refractivity contribution in [1.29, 1.82) is 0 Å². The minimum atomic E-state index is -0.156. The molecule has 0 spiro atoms. The van der Waals surface area contributed by atoms with Crippen molar-refractivity contribution >= 4 is 23.6 Å². The predicted molar refractivity (Wildman–Crippen MR) is 75.9 cm³/mol. The van der Waals surface area contributed by atoms with Gasteiger partial charge in [-0.2, -0.15) is 0 Å². The molecule has 1 aliphatic heterocycles. The Labute approximate surface area is 121 Å². The van der Waals surface area contributed by atoms with Gasteiger partial charge in [0.15, 0.2) is 0 Å². The maximum absolute atomic E-state index is 11.9. The number of ether oxygens (including phenoxy) is 1. The lowest BCUT2D eigenvalue weighted by Crippen LogP contribution is -2.45. The lowest BCUT2D eigenvalue weighted by molar-refractivity contribution is -0.140. The Balaban J connectivity index is 1.75. The van der Waals surface area contributed by atoms with Crippen LogP contribution in [0.4, 0.5) is 0 Å². The highest BCUT2D eigenvalue weighted by Crippen LogP contribution is 2.38. The standard InChI is InChI=1S/C14H16N2O3S/c1-19-11-6-4-10(5-7-11)14-16(12(17)8-20-14)15-13(18)9-2-3-9/h4-7,9,14H,2-3,8H2,1H3,(H,15,18). The van der Waals surface area contributed by atoms with E-state index in [1.807, 2.05) is 24.3 Å². The SMILES string of the molecule is COc1ccc(C2SCC(=O)N2NC(=O)C2CC2)cc1. The van der Waals surface area contributed by atoms with Gasteiger partial charge in [-0.05, 0) is 30.5 Å². The summed E-state index contributed by atoms with van der Waals surface area (Å²) in [5.74, 6) is 1.16. The van der Waals surface area contributed by atoms with Gasteiger partial charge in [0.1, 0.15) is 11.1 Å². The van der Waals surface area contributed by atoms with Crippen LogP contribution in [0.5, 0.6) is 5.75 Å². The monoisotopic (exact) mass is 292 g/mol. The summed E-state index contributed by atoms with van der Waals surface area (Å²) in [5.41, 5.74) is 3.74. The molecular weight excluding hydrogens is 276 g/mol. The van der Waals surface area contributed by atoms with Crippen LogP contribution in [0.3, 0.4) is 0 Å². The average molecular weight is 292 g/mol. The first kappa shape index (κ1) is 13.3. The van der Waals surface area contributed by atoms with Crippen molar-refractivity contribution in [1.82, 2.24) is 10.4 Å². The number of carbonyl (C=O) groups excluding carboxylic acids is 2. The van der Waals surface area contributed by atoms with Crippen LogP contribution >= 0.6 is 11.8 Å². The first-order valence-electron chi connectivity index (χ1n) is 6.57. The van der Waals surface area contributed by atoms with E-state index < -0.39 is 0 Å². The van der Waals surface area contributed by atoms with Crippen molar-refractivity contribution in [2.45, 2.75) is 18.2 Å². The number of methoxy groups -OCH3 is 1. The summed E-state index contributed by atoms with van der Waals surface area (Å²) in [6.07, 6.45) is 1.85. The Hall–Kier alpha value is -1.69. The van der Waals surface area contributed by atoms with Gasteiger partial charge < -0.3 is 4.74 Å². The minimum Gasteiger partial charge on any atom is -0.497 e. The lowest BCUT2D eigenvalue weighted by atomic mass is 10.2. The molecule has 20 heavy (non-hydrogen) atoms. The fourth-order valence-corrected chi connectivity index (χ4v) is 3.22. The van der Waals surface area contributed by atoms with Crippen LogP contribution in [-0.4, -0.2) is 29.7 Å². The zero-order valence-electron chi connectivity index (χ0n) is 11.2. The minimum absolute atomic E-state index is 0.0423. The second kappa shape index (κ2) is 5.36. The van der Waals surface area contributed by atoms with Gasteiger partial charge in [-0.15, -0.1) is 11.8 Å². The molecule has 3 rings (SSSR count). The zero-order valence-corrected chi connectivity index (χ0v) is 12.0. The van der Waals surface area contributed by atoms with Crippen LogP contribution in [0.15, 0.2) is 24.3 Å². The predicted octanol–water partition coefficient (Wildman–Crippen LogP) is 1.71. The molecule has 2 fully saturated rings. The van der Waals surface area contributed by atoms with E-state index in [4.69, 9.17) is 4.74 Å². The number of nitrogens with zero attached hydrogens (tertiary/aromatic N) is 1. The van der Waals surface area contributed by atoms with Crippen molar-refractivity contribution in [3.63, 3.8) is 0 Å². The number of carbonyl (C=O) groups is 2. The molecule has 1 unspecified atom stereocenters. The van der Waals surface area contributed by atoms with Crippen molar-refractivity contribution in [2.24, 2.45) is 5.92 Å². The molecule has 2 amide bonds. The van der Waals surface area contributed by atoms with E-state index in [2.05, 4.69) is 5.43 Å². The van der Waals surface area contributed by atoms with E-state index in [1.54, 1.807) is 7.11 Å². The molecule has 5 nitrogen and oxygen atoms in total. The van der Waals surface area contributed by atoms with Gasteiger partial charge in [-0.25, -0.2) is 5.01 Å². The largest absolute Gasteiger partial charge is 0.497 e. The number of hydrogen-bond donors (Lipinski definition) is 1. The van der Waals surface area contributed by atoms with Crippen molar-refractivity contribution < 1.29 is 14.3 Å². The van der Waals surface area contributed by atoms with Crippen LogP contribution in [0.1, 0.15) is 23.8 Å². The Morgan fingerprint density at radius 1 is 1.35 bits per heavy atom. The smallest absolute Gasteiger partial charge is 0.252 e. The number of amides is 2. The van der Waals surface area contributed by atoms with E-state index >= 15 is 0 Å². The number of hydrogen-bond acceptors (Lipinski definition) is 4. The number of hydrazine groups is 1. The highest BCUT2D eigenvalue weighted by atomic mass is 32.2. The van der Waals surface area contributed by atoms with E-state index in [1.165, 1.54) is 16.8 Å². The fraction of sp³-hybridized carbons (Fsp3) is 0.429. The van der Waals surface area contributed by atoms with Crippen LogP contribution in [0.25, 0.3) is 0 Å². The van der Waals surface area contributed by atoms with Gasteiger partial charge in [0, 0.05) is 5.92 Å². The van der Waals surface area contributed by atoms with E-state index in [0.717, 1.165) is 24.2 Å². The molecule has 106 valence electrons. The summed E-state index contributed by atoms with van der Waals surface area (Å²) in [6.45, 7) is 0. The van der Waals surface area contributed by atoms with Crippen molar-refractivity contribution in [3.05, 3.63) is 29.8 Å². The molecule has 6 heteroatoms. The summed E-state index contributed by atoms with van der Waals surface area (Å²) in [4.78, 5) is 23.8. The third-order valence-corrected chi connectivity index (χ3v) is 4.66. The highest BCUT2D eigenvalue weighted by molar-refractivity contribution is 8.00. The molecular formula is C14H16N2O3S. The molecule has 1 saturated heterocycles. The maximum Gasteiger partial charge on any atom is 0.252 e. The van der Waals surface area contributed by atoms with Gasteiger partial charge >= 0.3 is 0 Å². The third-order valence-electron chi connectivity index (χ3n) is 3.45. The third kappa shape index (κ3) is 2.60. The summed E-state index contributed by atoms with van der Waals surface area (Å²) >= 11 is 1.52. The molecule has 1 N–H and O–H groups in total. The van der Waals surface area contributed by atoms with Crippen LogP contribution < -0.4 is 10.2 Å². The topological polar surface area (TPSA) is 58.6 Å². The fourth-order valence-electron chi connectivity index (χ4n) is 2.12. The molecule has 1 saturated carbocycles. The van der Waals surface area contributed by atoms with Crippen LogP contribution in [0.2, 0.25) is 0 Å². The van der Waals surface area contributed by atoms with Gasteiger partial charge in [-0.1, -0.05) is 12.1 Å². The summed E-state index contributed by atoms with van der Waals surface area (Å²) in [6, 6.07) is 7.57. The van der Waals surface area contributed by atoms with Gasteiger partial charge in [-0.3, -0.25) is 15.0 Å². The normalized spacial score (nSPS) is 21.9. The molecule has 1 aromatic carbocycles. The Bertz CT molecular complexity index is 528. The first-order valence-corrected chi connectivity index (χ1v) is 7.62. The zero-order chi connectivity index (χ0) is 14.1. The van der Waals surface area contributed by atoms with E-state index in [9.17, 15) is 9.59 Å². The molecule has 0 radical (unpaired) electrons. The van der Waals surface area contributed by atoms with Crippen molar-refractivity contribution in [2.75, 3.05) is 12.9 Å². The molecule has 0 bridgehead atoms. The number of rotatable bonds is 4. The van der Waals surface area contributed by atoms with Gasteiger partial charge in [0.05, 0.1) is 12.9 Å². The van der Waals surface area contributed by atoms with Gasteiger partial charge in [0.2, 0.25) is 5.91 Å². The summed E-state index contributed by atoms with van der Waals surface area (Å²) in [7, 11) is 1.62.